The summed E-state index contributed by atoms with van der Waals surface area (Å²) in [6.45, 7) is -3.18. The molecule has 0 saturated carbocycles. The molecule has 3 N–H and O–H groups in total. The van der Waals surface area contributed by atoms with Gasteiger partial charge in [0.25, 0.3) is 5.91 Å². The summed E-state index contributed by atoms with van der Waals surface area (Å²) in [7, 11) is -2.62. The van der Waals surface area contributed by atoms with Crippen LogP contribution in [0.2, 0.25) is 0 Å². The monoisotopic (exact) mass is 463 g/mol. The van der Waals surface area contributed by atoms with Gasteiger partial charge in [-0.25, -0.2) is 23.1 Å². The van der Waals surface area contributed by atoms with Crippen LogP contribution in [-0.4, -0.2) is 45.3 Å². The number of aryl methyl sites for hydroxylation is 1. The largest absolute Gasteiger partial charge is 0.434 e. The zero-order valence-corrected chi connectivity index (χ0v) is 17.1. The molecule has 32 heavy (non-hydrogen) atoms. The number of carbonyl (C=O) groups is 1. The van der Waals surface area contributed by atoms with Crippen LogP contribution < -0.4 is 15.2 Å². The van der Waals surface area contributed by atoms with Gasteiger partial charge >= 0.3 is 6.61 Å². The number of aromatic nitrogens is 5. The number of halogens is 2. The molecule has 0 aliphatic carbocycles. The van der Waals surface area contributed by atoms with E-state index >= 15 is 0 Å². The van der Waals surface area contributed by atoms with Gasteiger partial charge in [-0.15, -0.1) is 0 Å². The van der Waals surface area contributed by atoms with E-state index < -0.39 is 22.5 Å². The molecule has 0 spiro atoms. The van der Waals surface area contributed by atoms with Crippen molar-refractivity contribution in [2.45, 2.75) is 11.5 Å². The molecule has 0 aliphatic rings. The lowest BCUT2D eigenvalue weighted by Gasteiger charge is -2.12. The standard InChI is InChI=1S/C18H15F2N7O4S/c1-26-9-13(24-17(28)12-8-23-27-6-2-5-22-16(12)27)15(25-26)11-7-10(32(21,29)30)3-4-14(11)31-18(19)20/h2-9,18H,1H3,(H,24,28)(H2,21,29,30). The lowest BCUT2D eigenvalue weighted by molar-refractivity contribution is -0.0494. The SMILES string of the molecule is Cn1cc(NC(=O)c2cnn3cccnc23)c(-c2cc(S(N)(=O)=O)ccc2OC(F)F)n1. The third-order valence-electron chi connectivity index (χ3n) is 4.35. The van der Waals surface area contributed by atoms with E-state index in [0.29, 0.717) is 5.65 Å². The first kappa shape index (κ1) is 21.3. The van der Waals surface area contributed by atoms with Crippen molar-refractivity contribution in [2.75, 3.05) is 5.32 Å². The molecule has 1 amide bonds. The number of primary sulfonamides is 1. The molecule has 3 heterocycles. The second-order valence-corrected chi connectivity index (χ2v) is 8.11. The second kappa shape index (κ2) is 7.97. The first-order valence-corrected chi connectivity index (χ1v) is 10.4. The topological polar surface area (TPSA) is 146 Å². The molecule has 1 aromatic carbocycles. The average Bonchev–Trinajstić information content (AvgIpc) is 3.30. The first-order valence-electron chi connectivity index (χ1n) is 8.89. The van der Waals surface area contributed by atoms with Crippen molar-refractivity contribution in [1.82, 2.24) is 24.4 Å². The fourth-order valence-corrected chi connectivity index (χ4v) is 3.57. The summed E-state index contributed by atoms with van der Waals surface area (Å²) in [5, 5.41) is 16.0. The third-order valence-corrected chi connectivity index (χ3v) is 5.26. The quantitative estimate of drug-likeness (QED) is 0.442. The molecule has 0 saturated heterocycles. The van der Waals surface area contributed by atoms with Gasteiger partial charge in [0.15, 0.2) is 5.65 Å². The molecule has 0 bridgehead atoms. The Morgan fingerprint density at radius 2 is 2.09 bits per heavy atom. The molecule has 166 valence electrons. The van der Waals surface area contributed by atoms with E-state index in [0.717, 1.165) is 18.2 Å². The highest BCUT2D eigenvalue weighted by Crippen LogP contribution is 2.36. The normalized spacial score (nSPS) is 11.8. The summed E-state index contributed by atoms with van der Waals surface area (Å²) in [5.74, 6) is -0.939. The maximum atomic E-state index is 12.9. The summed E-state index contributed by atoms with van der Waals surface area (Å²) in [6.07, 6.45) is 5.85. The Bertz CT molecular complexity index is 1430. The number of nitrogens with one attached hydrogen (secondary N) is 1. The maximum Gasteiger partial charge on any atom is 0.387 e. The Kier molecular flexibility index (Phi) is 5.31. The van der Waals surface area contributed by atoms with E-state index in [1.54, 1.807) is 12.3 Å². The van der Waals surface area contributed by atoms with Crippen molar-refractivity contribution in [3.63, 3.8) is 0 Å². The number of benzene rings is 1. The number of anilines is 1. The summed E-state index contributed by atoms with van der Waals surface area (Å²) >= 11 is 0. The number of rotatable bonds is 6. The number of nitrogens with two attached hydrogens (primary N) is 1. The Hall–Kier alpha value is -3.91. The van der Waals surface area contributed by atoms with Gasteiger partial charge in [0, 0.05) is 31.2 Å². The minimum Gasteiger partial charge on any atom is -0.434 e. The van der Waals surface area contributed by atoms with Crippen molar-refractivity contribution in [3.8, 4) is 17.0 Å². The molecular formula is C18H15F2N7O4S. The van der Waals surface area contributed by atoms with Crippen LogP contribution in [0.15, 0.2) is 53.9 Å². The average molecular weight is 463 g/mol. The Labute approximate surface area is 179 Å². The van der Waals surface area contributed by atoms with Gasteiger partial charge in [0.05, 0.1) is 16.8 Å². The molecule has 3 aromatic heterocycles. The zero-order chi connectivity index (χ0) is 23.0. The molecule has 0 fully saturated rings. The molecule has 0 atom stereocenters. The Balaban J connectivity index is 1.79. The second-order valence-electron chi connectivity index (χ2n) is 6.55. The van der Waals surface area contributed by atoms with Crippen LogP contribution in [-0.2, 0) is 17.1 Å². The van der Waals surface area contributed by atoms with Crippen LogP contribution in [0.5, 0.6) is 5.75 Å². The number of alkyl halides is 2. The van der Waals surface area contributed by atoms with Crippen molar-refractivity contribution < 1.29 is 26.7 Å². The van der Waals surface area contributed by atoms with Crippen molar-refractivity contribution >= 4 is 27.3 Å². The number of amides is 1. The van der Waals surface area contributed by atoms with Crippen LogP contribution in [0.25, 0.3) is 16.9 Å². The van der Waals surface area contributed by atoms with Crippen LogP contribution in [0.3, 0.4) is 0 Å². The van der Waals surface area contributed by atoms with Crippen LogP contribution in [0.1, 0.15) is 10.4 Å². The molecule has 4 rings (SSSR count). The third kappa shape index (κ3) is 4.13. The van der Waals surface area contributed by atoms with Crippen LogP contribution in [0, 0.1) is 0 Å². The number of sulfonamides is 1. The summed E-state index contributed by atoms with van der Waals surface area (Å²) in [6, 6.07) is 4.75. The summed E-state index contributed by atoms with van der Waals surface area (Å²) in [5.41, 5.74) is 0.451. The van der Waals surface area contributed by atoms with E-state index in [-0.39, 0.29) is 33.2 Å². The highest BCUT2D eigenvalue weighted by molar-refractivity contribution is 7.89. The lowest BCUT2D eigenvalue weighted by Crippen LogP contribution is -2.14. The van der Waals surface area contributed by atoms with Gasteiger partial charge in [-0.3, -0.25) is 9.48 Å². The molecule has 11 nitrogen and oxygen atoms in total. The number of nitrogens with zero attached hydrogens (tertiary/aromatic N) is 5. The van der Waals surface area contributed by atoms with E-state index in [4.69, 9.17) is 5.14 Å². The van der Waals surface area contributed by atoms with E-state index in [9.17, 15) is 22.0 Å². The molecule has 14 heteroatoms. The summed E-state index contributed by atoms with van der Waals surface area (Å²) < 4.78 is 56.6. The first-order chi connectivity index (χ1) is 15.1. The van der Waals surface area contributed by atoms with E-state index in [1.165, 1.54) is 34.8 Å². The minimum atomic E-state index is -4.15. The minimum absolute atomic E-state index is 0.00793. The van der Waals surface area contributed by atoms with Gasteiger partial charge in [-0.2, -0.15) is 19.0 Å². The van der Waals surface area contributed by atoms with Gasteiger partial charge in [-0.1, -0.05) is 0 Å². The van der Waals surface area contributed by atoms with Crippen molar-refractivity contribution in [1.29, 1.82) is 0 Å². The highest BCUT2D eigenvalue weighted by Gasteiger charge is 2.23. The Morgan fingerprint density at radius 1 is 1.31 bits per heavy atom. The molecule has 0 unspecified atom stereocenters. The number of carbonyl (C=O) groups excluding carboxylic acids is 1. The smallest absolute Gasteiger partial charge is 0.387 e. The highest BCUT2D eigenvalue weighted by atomic mass is 32.2. The Morgan fingerprint density at radius 3 is 2.81 bits per heavy atom. The predicted molar refractivity (Wildman–Crippen MR) is 108 cm³/mol. The van der Waals surface area contributed by atoms with Crippen molar-refractivity contribution in [2.24, 2.45) is 12.2 Å². The molecular weight excluding hydrogens is 448 g/mol. The van der Waals surface area contributed by atoms with Crippen molar-refractivity contribution in [3.05, 3.63) is 54.6 Å². The molecule has 0 radical (unpaired) electrons. The van der Waals surface area contributed by atoms with Crippen LogP contribution in [0.4, 0.5) is 14.5 Å². The fourth-order valence-electron chi connectivity index (χ4n) is 3.03. The zero-order valence-electron chi connectivity index (χ0n) is 16.3. The van der Waals surface area contributed by atoms with Gasteiger partial charge in [-0.05, 0) is 24.3 Å². The number of ether oxygens (including phenoxy) is 1. The van der Waals surface area contributed by atoms with E-state index in [1.807, 2.05) is 0 Å². The molecule has 4 aromatic rings. The number of hydrogen-bond acceptors (Lipinski definition) is 7. The van der Waals surface area contributed by atoms with E-state index in [2.05, 4.69) is 25.2 Å². The van der Waals surface area contributed by atoms with Gasteiger partial charge in [0.2, 0.25) is 10.0 Å². The van der Waals surface area contributed by atoms with Gasteiger partial charge in [0.1, 0.15) is 17.0 Å². The van der Waals surface area contributed by atoms with Crippen LogP contribution >= 0.6 is 0 Å². The fraction of sp³-hybridized carbons (Fsp3) is 0.111. The lowest BCUT2D eigenvalue weighted by atomic mass is 10.1. The molecule has 0 aliphatic heterocycles. The van der Waals surface area contributed by atoms with Gasteiger partial charge < -0.3 is 10.1 Å². The number of fused-ring (bicyclic) bond motifs is 1. The maximum absolute atomic E-state index is 12.9. The summed E-state index contributed by atoms with van der Waals surface area (Å²) in [4.78, 5) is 16.6. The number of hydrogen-bond donors (Lipinski definition) is 2. The predicted octanol–water partition coefficient (Wildman–Crippen LogP) is 1.63.